The van der Waals surface area contributed by atoms with Crippen molar-refractivity contribution in [2.45, 2.75) is 44.1 Å². The van der Waals surface area contributed by atoms with Crippen molar-refractivity contribution < 1.29 is 22.6 Å². The highest BCUT2D eigenvalue weighted by Crippen LogP contribution is 2.34. The second-order valence-corrected chi connectivity index (χ2v) is 9.61. The van der Waals surface area contributed by atoms with Gasteiger partial charge in [0.25, 0.3) is 0 Å². The van der Waals surface area contributed by atoms with Crippen LogP contribution in [0.25, 0.3) is 16.6 Å². The first kappa shape index (κ1) is 23.7. The zero-order valence-electron chi connectivity index (χ0n) is 20.3. The minimum Gasteiger partial charge on any atom is -0.488 e. The van der Waals surface area contributed by atoms with Crippen molar-refractivity contribution >= 4 is 17.2 Å². The van der Waals surface area contributed by atoms with Crippen molar-refractivity contribution in [3.63, 3.8) is 0 Å². The number of ether oxygens (including phenoxy) is 2. The maximum absolute atomic E-state index is 13.0. The summed E-state index contributed by atoms with van der Waals surface area (Å²) in [5, 5.41) is 14.5. The maximum Gasteiger partial charge on any atom is 0.435 e. The molecule has 0 radical (unpaired) electrons. The van der Waals surface area contributed by atoms with E-state index >= 15 is 0 Å². The Bertz CT molecular complexity index is 1440. The van der Waals surface area contributed by atoms with E-state index in [0.717, 1.165) is 45.9 Å². The first-order valence-corrected chi connectivity index (χ1v) is 12.1. The van der Waals surface area contributed by atoms with Crippen LogP contribution in [0.4, 0.5) is 24.8 Å². The molecule has 6 heterocycles. The Morgan fingerprint density at radius 1 is 1.11 bits per heavy atom. The van der Waals surface area contributed by atoms with E-state index in [-0.39, 0.29) is 11.9 Å². The van der Waals surface area contributed by atoms with Gasteiger partial charge >= 0.3 is 6.18 Å². The van der Waals surface area contributed by atoms with Crippen molar-refractivity contribution in [1.82, 2.24) is 29.7 Å². The summed E-state index contributed by atoms with van der Waals surface area (Å²) in [5.74, 6) is 1.31. The fraction of sp³-hybridized carbons (Fsp3) is 0.400. The molecule has 3 atom stereocenters. The van der Waals surface area contributed by atoms with E-state index in [1.165, 1.54) is 7.05 Å². The van der Waals surface area contributed by atoms with Crippen LogP contribution >= 0.6 is 0 Å². The summed E-state index contributed by atoms with van der Waals surface area (Å²) < 4.78 is 54.0. The van der Waals surface area contributed by atoms with Crippen LogP contribution in [0, 0.1) is 6.92 Å². The Morgan fingerprint density at radius 2 is 1.89 bits per heavy atom. The number of nitrogens with one attached hydrogen (secondary N) is 2. The molecule has 2 N–H and O–H groups in total. The van der Waals surface area contributed by atoms with Crippen LogP contribution in [0.3, 0.4) is 0 Å². The smallest absolute Gasteiger partial charge is 0.435 e. The van der Waals surface area contributed by atoms with Gasteiger partial charge in [0.15, 0.2) is 11.5 Å². The van der Waals surface area contributed by atoms with Gasteiger partial charge in [0.1, 0.15) is 17.7 Å². The molecule has 0 amide bonds. The molecule has 0 aliphatic carbocycles. The number of hydrogen-bond acceptors (Lipinski definition) is 7. The van der Waals surface area contributed by atoms with Gasteiger partial charge in [-0.1, -0.05) is 0 Å². The topological polar surface area (TPSA) is 90.5 Å². The molecule has 9 nitrogen and oxygen atoms in total. The summed E-state index contributed by atoms with van der Waals surface area (Å²) in [6, 6.07) is 9.21. The number of anilines is 2. The first-order valence-electron chi connectivity index (χ1n) is 12.1. The average molecular weight is 514 g/mol. The fourth-order valence-electron chi connectivity index (χ4n) is 5.00. The summed E-state index contributed by atoms with van der Waals surface area (Å²) in [6.07, 6.45) is 0.863. The highest BCUT2D eigenvalue weighted by atomic mass is 19.4. The number of aromatic nitrogens is 5. The normalized spacial score (nSPS) is 21.8. The molecule has 194 valence electrons. The average Bonchev–Trinajstić information content (AvgIpc) is 3.42. The standard InChI is InChI=1S/C25H26F3N7O2/c1-14-5-20(21(11-29-14)37-19-7-16-12-36-13-17(8-19)30-16)15-3-4-35-18(6-15)9-23(33-35)31-24-10-22(25(26,27)28)32-34(24)2/h3-6,9-11,16-17,19,30H,7-8,12-13H2,1-2H3,(H,31,33)/t16-,17+,19?. The highest BCUT2D eigenvalue weighted by Gasteiger charge is 2.35. The number of pyridine rings is 2. The molecular weight excluding hydrogens is 487 g/mol. The summed E-state index contributed by atoms with van der Waals surface area (Å²) >= 11 is 0. The van der Waals surface area contributed by atoms with Crippen molar-refractivity contribution in [2.75, 3.05) is 18.5 Å². The SMILES string of the molecule is Cc1cc(-c2ccn3nc(Nc4cc(C(F)(F)F)nn4C)cc3c2)c(OC2C[C@H]3COC[C@@H](C2)N3)cn1. The second kappa shape index (κ2) is 9.03. The van der Waals surface area contributed by atoms with Gasteiger partial charge in [-0.25, -0.2) is 4.52 Å². The maximum atomic E-state index is 13.0. The van der Waals surface area contributed by atoms with Crippen molar-refractivity contribution in [1.29, 1.82) is 0 Å². The van der Waals surface area contributed by atoms with E-state index in [1.807, 2.05) is 31.3 Å². The summed E-state index contributed by atoms with van der Waals surface area (Å²) in [4.78, 5) is 4.46. The van der Waals surface area contributed by atoms with E-state index in [0.29, 0.717) is 36.9 Å². The Labute approximate surface area is 210 Å². The molecule has 12 heteroatoms. The number of hydrogen-bond donors (Lipinski definition) is 2. The number of piperidine rings is 1. The zero-order chi connectivity index (χ0) is 25.7. The molecule has 1 unspecified atom stereocenters. The van der Waals surface area contributed by atoms with E-state index in [2.05, 4.69) is 25.8 Å². The molecular formula is C25H26F3N7O2. The summed E-state index contributed by atoms with van der Waals surface area (Å²) in [5.41, 5.74) is 2.52. The number of alkyl halides is 3. The van der Waals surface area contributed by atoms with Gasteiger partial charge in [0.05, 0.1) is 24.9 Å². The lowest BCUT2D eigenvalue weighted by Crippen LogP contribution is -2.56. The molecule has 0 aromatic carbocycles. The van der Waals surface area contributed by atoms with E-state index in [9.17, 15) is 13.2 Å². The Balaban J connectivity index is 1.27. The third-order valence-corrected chi connectivity index (χ3v) is 6.70. The summed E-state index contributed by atoms with van der Waals surface area (Å²) in [6.45, 7) is 3.32. The molecule has 2 bridgehead atoms. The third-order valence-electron chi connectivity index (χ3n) is 6.70. The minimum atomic E-state index is -4.52. The minimum absolute atomic E-state index is 0.0680. The van der Waals surface area contributed by atoms with Gasteiger partial charge in [-0.05, 0) is 30.7 Å². The number of fused-ring (bicyclic) bond motifs is 3. The van der Waals surface area contributed by atoms with Gasteiger partial charge in [0.2, 0.25) is 0 Å². The number of aryl methyl sites for hydroxylation is 2. The van der Waals surface area contributed by atoms with E-state index < -0.39 is 11.9 Å². The molecule has 0 spiro atoms. The van der Waals surface area contributed by atoms with Crippen LogP contribution in [-0.4, -0.2) is 55.8 Å². The second-order valence-electron chi connectivity index (χ2n) is 9.61. The van der Waals surface area contributed by atoms with Gasteiger partial charge in [-0.3, -0.25) is 9.67 Å². The number of rotatable bonds is 5. The molecule has 4 aromatic heterocycles. The van der Waals surface area contributed by atoms with Crippen LogP contribution < -0.4 is 15.4 Å². The van der Waals surface area contributed by atoms with Crippen LogP contribution in [0.2, 0.25) is 0 Å². The lowest BCUT2D eigenvalue weighted by molar-refractivity contribution is -0.141. The molecule has 37 heavy (non-hydrogen) atoms. The van der Waals surface area contributed by atoms with Crippen molar-refractivity contribution in [3.8, 4) is 16.9 Å². The first-order chi connectivity index (χ1) is 17.7. The Hall–Kier alpha value is -3.64. The van der Waals surface area contributed by atoms with E-state index in [1.54, 1.807) is 16.8 Å². The van der Waals surface area contributed by atoms with Gasteiger partial charge < -0.3 is 20.1 Å². The van der Waals surface area contributed by atoms with Crippen LogP contribution in [-0.2, 0) is 18.0 Å². The highest BCUT2D eigenvalue weighted by molar-refractivity contribution is 5.75. The molecule has 2 aliphatic rings. The Morgan fingerprint density at radius 3 is 2.62 bits per heavy atom. The molecule has 6 rings (SSSR count). The fourth-order valence-corrected chi connectivity index (χ4v) is 5.00. The van der Waals surface area contributed by atoms with Gasteiger partial charge in [-0.15, -0.1) is 0 Å². The Kier molecular flexibility index (Phi) is 5.80. The lowest BCUT2D eigenvalue weighted by Gasteiger charge is -2.40. The third kappa shape index (κ3) is 4.86. The lowest BCUT2D eigenvalue weighted by atomic mass is 9.94. The van der Waals surface area contributed by atoms with E-state index in [4.69, 9.17) is 9.47 Å². The van der Waals surface area contributed by atoms with Crippen molar-refractivity contribution in [2.24, 2.45) is 7.05 Å². The molecule has 2 fully saturated rings. The van der Waals surface area contributed by atoms with Gasteiger partial charge in [-0.2, -0.15) is 23.4 Å². The van der Waals surface area contributed by atoms with Crippen LogP contribution in [0.1, 0.15) is 24.2 Å². The zero-order valence-corrected chi connectivity index (χ0v) is 20.3. The monoisotopic (exact) mass is 513 g/mol. The molecule has 2 aliphatic heterocycles. The van der Waals surface area contributed by atoms with Crippen molar-refractivity contribution in [3.05, 3.63) is 54.1 Å². The number of nitrogens with zero attached hydrogens (tertiary/aromatic N) is 5. The summed E-state index contributed by atoms with van der Waals surface area (Å²) in [7, 11) is 1.45. The quantitative estimate of drug-likeness (QED) is 0.415. The number of halogens is 3. The molecule has 2 saturated heterocycles. The predicted octanol–water partition coefficient (Wildman–Crippen LogP) is 4.10. The van der Waals surface area contributed by atoms with Gasteiger partial charge in [0, 0.05) is 61.6 Å². The molecule has 0 saturated carbocycles. The predicted molar refractivity (Wildman–Crippen MR) is 130 cm³/mol. The van der Waals surface area contributed by atoms with Crippen LogP contribution in [0.5, 0.6) is 5.75 Å². The van der Waals surface area contributed by atoms with Crippen LogP contribution in [0.15, 0.2) is 42.7 Å². The molecule has 4 aromatic rings. The largest absolute Gasteiger partial charge is 0.488 e. The number of morpholine rings is 1.